The number of nitrogens with zero attached hydrogens (tertiary/aromatic N) is 1. The second-order valence-corrected chi connectivity index (χ2v) is 9.92. The van der Waals surface area contributed by atoms with Crippen LogP contribution in [0.15, 0.2) is 97.1 Å². The minimum atomic E-state index is -0.399. The van der Waals surface area contributed by atoms with Crippen molar-refractivity contribution >= 4 is 21.7 Å². The standard InChI is InChI=1S/C32H32N2O/c35-27(22-33-20-10-3-11-21-33)23-34-31(26-15-6-2-7-16-26)30(25-13-4-1-5-14-25)29-19-18-24-12-8-9-17-28(24)32(29)34/h1-2,4-9,12-19,27,35H,3,10-11,20-23H2/p+1/t27-/m0/s1. The van der Waals surface area contributed by atoms with Crippen molar-refractivity contribution < 1.29 is 10.0 Å². The number of fused-ring (bicyclic) bond motifs is 3. The number of hydrogen-bond donors (Lipinski definition) is 2. The number of likely N-dealkylation sites (tertiary alicyclic amines) is 1. The van der Waals surface area contributed by atoms with Crippen LogP contribution in [-0.2, 0) is 6.54 Å². The first-order valence-electron chi connectivity index (χ1n) is 13.0. The Hall–Kier alpha value is -3.40. The lowest BCUT2D eigenvalue weighted by Gasteiger charge is -2.26. The lowest BCUT2D eigenvalue weighted by atomic mass is 9.97. The first kappa shape index (κ1) is 22.1. The average Bonchev–Trinajstić information content (AvgIpc) is 3.24. The number of quaternary nitrogens is 1. The third-order valence-electron chi connectivity index (χ3n) is 7.53. The van der Waals surface area contributed by atoms with E-state index in [0.717, 1.165) is 6.54 Å². The number of rotatable bonds is 6. The number of nitrogens with one attached hydrogen (secondary N) is 1. The summed E-state index contributed by atoms with van der Waals surface area (Å²) < 4.78 is 2.41. The smallest absolute Gasteiger partial charge is 0.121 e. The molecule has 0 aliphatic carbocycles. The van der Waals surface area contributed by atoms with Gasteiger partial charge in [-0.2, -0.15) is 0 Å². The molecule has 0 bridgehead atoms. The largest absolute Gasteiger partial charge is 0.385 e. The van der Waals surface area contributed by atoms with E-state index in [2.05, 4.69) is 102 Å². The molecule has 5 aromatic rings. The molecular weight excluding hydrogens is 428 g/mol. The van der Waals surface area contributed by atoms with Crippen LogP contribution in [0.25, 0.3) is 44.1 Å². The Bertz CT molecular complexity index is 1430. The lowest BCUT2D eigenvalue weighted by molar-refractivity contribution is -0.908. The number of benzene rings is 4. The molecule has 35 heavy (non-hydrogen) atoms. The number of aliphatic hydroxyl groups excluding tert-OH is 1. The Morgan fingerprint density at radius 3 is 2.09 bits per heavy atom. The fourth-order valence-corrected chi connectivity index (χ4v) is 5.96. The van der Waals surface area contributed by atoms with E-state index in [1.54, 1.807) is 0 Å². The Morgan fingerprint density at radius 2 is 1.34 bits per heavy atom. The van der Waals surface area contributed by atoms with Crippen LogP contribution in [-0.4, -0.2) is 35.4 Å². The Labute approximate surface area is 207 Å². The molecule has 0 amide bonds. The molecule has 1 aromatic heterocycles. The maximum atomic E-state index is 11.4. The molecule has 2 heterocycles. The molecule has 2 N–H and O–H groups in total. The molecule has 0 saturated carbocycles. The minimum Gasteiger partial charge on any atom is -0.385 e. The normalized spacial score (nSPS) is 15.6. The zero-order chi connectivity index (χ0) is 23.6. The van der Waals surface area contributed by atoms with Gasteiger partial charge in [0.05, 0.1) is 30.8 Å². The van der Waals surface area contributed by atoms with Crippen molar-refractivity contribution in [3.8, 4) is 22.4 Å². The summed E-state index contributed by atoms with van der Waals surface area (Å²) in [5.74, 6) is 0. The topological polar surface area (TPSA) is 29.6 Å². The first-order valence-corrected chi connectivity index (χ1v) is 13.0. The molecule has 6 rings (SSSR count). The predicted molar refractivity (Wildman–Crippen MR) is 146 cm³/mol. The van der Waals surface area contributed by atoms with Gasteiger partial charge in [0.15, 0.2) is 0 Å². The predicted octanol–water partition coefficient (Wildman–Crippen LogP) is 5.56. The lowest BCUT2D eigenvalue weighted by Crippen LogP contribution is -3.13. The van der Waals surface area contributed by atoms with Gasteiger partial charge in [-0.15, -0.1) is 0 Å². The molecule has 0 unspecified atom stereocenters. The van der Waals surface area contributed by atoms with Gasteiger partial charge in [-0.25, -0.2) is 0 Å². The van der Waals surface area contributed by atoms with Gasteiger partial charge in [-0.1, -0.05) is 97.1 Å². The summed E-state index contributed by atoms with van der Waals surface area (Å²) in [7, 11) is 0. The van der Waals surface area contributed by atoms with Gasteiger partial charge in [-0.3, -0.25) is 0 Å². The number of aliphatic hydroxyl groups is 1. The summed E-state index contributed by atoms with van der Waals surface area (Å²) >= 11 is 0. The highest BCUT2D eigenvalue weighted by Gasteiger charge is 2.25. The molecule has 3 nitrogen and oxygen atoms in total. The molecule has 1 fully saturated rings. The summed E-state index contributed by atoms with van der Waals surface area (Å²) in [5.41, 5.74) is 6.05. The summed E-state index contributed by atoms with van der Waals surface area (Å²) in [6.45, 7) is 3.74. The van der Waals surface area contributed by atoms with Crippen LogP contribution in [0, 0.1) is 0 Å². The van der Waals surface area contributed by atoms with Gasteiger partial charge in [0.25, 0.3) is 0 Å². The van der Waals surface area contributed by atoms with Gasteiger partial charge in [0.1, 0.15) is 12.6 Å². The van der Waals surface area contributed by atoms with Crippen LogP contribution in [0.3, 0.4) is 0 Å². The summed E-state index contributed by atoms with van der Waals surface area (Å²) in [4.78, 5) is 1.54. The molecule has 176 valence electrons. The Morgan fingerprint density at radius 1 is 0.686 bits per heavy atom. The molecule has 1 aliphatic rings. The van der Waals surface area contributed by atoms with Crippen molar-refractivity contribution in [2.24, 2.45) is 0 Å². The van der Waals surface area contributed by atoms with Crippen LogP contribution in [0.4, 0.5) is 0 Å². The van der Waals surface area contributed by atoms with Crippen molar-refractivity contribution in [1.29, 1.82) is 0 Å². The summed E-state index contributed by atoms with van der Waals surface area (Å²) in [6.07, 6.45) is 3.47. The molecule has 4 aromatic carbocycles. The highest BCUT2D eigenvalue weighted by molar-refractivity contribution is 6.15. The van der Waals surface area contributed by atoms with Crippen molar-refractivity contribution in [3.63, 3.8) is 0 Å². The highest BCUT2D eigenvalue weighted by Crippen LogP contribution is 2.43. The van der Waals surface area contributed by atoms with E-state index < -0.39 is 6.10 Å². The fourth-order valence-electron chi connectivity index (χ4n) is 5.96. The van der Waals surface area contributed by atoms with Crippen molar-refractivity contribution in [2.45, 2.75) is 31.9 Å². The first-order chi connectivity index (χ1) is 17.3. The molecule has 0 spiro atoms. The molecule has 1 saturated heterocycles. The van der Waals surface area contributed by atoms with Gasteiger partial charge in [-0.05, 0) is 35.8 Å². The van der Waals surface area contributed by atoms with E-state index in [1.807, 2.05) is 0 Å². The van der Waals surface area contributed by atoms with Gasteiger partial charge in [0.2, 0.25) is 0 Å². The van der Waals surface area contributed by atoms with Crippen molar-refractivity contribution in [2.75, 3.05) is 19.6 Å². The van der Waals surface area contributed by atoms with Crippen LogP contribution >= 0.6 is 0 Å². The Kier molecular flexibility index (Phi) is 6.12. The SMILES string of the molecule is O[C@H](Cn1c(-c2ccccc2)c(-c2ccccc2)c2ccc3ccccc3c21)C[NH+]1CCCCC1. The molecule has 0 radical (unpaired) electrons. The number of hydrogen-bond acceptors (Lipinski definition) is 1. The van der Waals surface area contributed by atoms with E-state index in [0.29, 0.717) is 6.54 Å². The van der Waals surface area contributed by atoms with Crippen LogP contribution in [0.5, 0.6) is 0 Å². The van der Waals surface area contributed by atoms with Crippen LogP contribution < -0.4 is 4.90 Å². The second-order valence-electron chi connectivity index (χ2n) is 9.92. The molecule has 1 aliphatic heterocycles. The molecule has 3 heteroatoms. The van der Waals surface area contributed by atoms with E-state index in [1.165, 1.54) is 81.3 Å². The second kappa shape index (κ2) is 9.69. The average molecular weight is 462 g/mol. The van der Waals surface area contributed by atoms with Gasteiger partial charge >= 0.3 is 0 Å². The quantitative estimate of drug-likeness (QED) is 0.341. The maximum Gasteiger partial charge on any atom is 0.121 e. The summed E-state index contributed by atoms with van der Waals surface area (Å²) in [6, 6.07) is 34.5. The maximum absolute atomic E-state index is 11.4. The zero-order valence-electron chi connectivity index (χ0n) is 20.2. The van der Waals surface area contributed by atoms with E-state index in [9.17, 15) is 5.11 Å². The zero-order valence-corrected chi connectivity index (χ0v) is 20.2. The summed E-state index contributed by atoms with van der Waals surface area (Å²) in [5, 5.41) is 15.1. The van der Waals surface area contributed by atoms with Crippen molar-refractivity contribution in [1.82, 2.24) is 4.57 Å². The molecule has 1 atom stereocenters. The van der Waals surface area contributed by atoms with Gasteiger partial charge in [0, 0.05) is 16.3 Å². The van der Waals surface area contributed by atoms with Crippen LogP contribution in [0.2, 0.25) is 0 Å². The molecular formula is C32H33N2O+. The Balaban J connectivity index is 1.59. The third-order valence-corrected chi connectivity index (χ3v) is 7.53. The van der Waals surface area contributed by atoms with E-state index >= 15 is 0 Å². The highest BCUT2D eigenvalue weighted by atomic mass is 16.3. The number of piperidine rings is 1. The van der Waals surface area contributed by atoms with Crippen LogP contribution in [0.1, 0.15) is 19.3 Å². The van der Waals surface area contributed by atoms with Gasteiger partial charge < -0.3 is 14.6 Å². The third kappa shape index (κ3) is 4.27. The fraction of sp³-hybridized carbons (Fsp3) is 0.250. The minimum absolute atomic E-state index is 0.399. The number of aromatic nitrogens is 1. The monoisotopic (exact) mass is 461 g/mol. The van der Waals surface area contributed by atoms with E-state index in [4.69, 9.17) is 0 Å². The van der Waals surface area contributed by atoms with E-state index in [-0.39, 0.29) is 0 Å². The van der Waals surface area contributed by atoms with Crippen molar-refractivity contribution in [3.05, 3.63) is 97.1 Å².